The lowest BCUT2D eigenvalue weighted by Gasteiger charge is -2.20. The van der Waals surface area contributed by atoms with Crippen molar-refractivity contribution in [3.05, 3.63) is 92.5 Å². The molecule has 0 aromatic heterocycles. The molecule has 2 amide bonds. The topological polar surface area (TPSA) is 111 Å². The molecule has 2 N–H and O–H groups in total. The first-order chi connectivity index (χ1) is 15.8. The monoisotopic (exact) mass is 465 g/mol. The molecule has 1 aliphatic heterocycles. The van der Waals surface area contributed by atoms with E-state index < -0.39 is 4.92 Å². The summed E-state index contributed by atoms with van der Waals surface area (Å²) < 4.78 is 5.61. The van der Waals surface area contributed by atoms with Crippen molar-refractivity contribution in [1.29, 1.82) is 0 Å². The predicted octanol–water partition coefficient (Wildman–Crippen LogP) is 5.42. The number of carbonyl (C=O) groups is 2. The molecule has 0 aliphatic carbocycles. The normalized spacial score (nSPS) is 13.5. The van der Waals surface area contributed by atoms with Crippen molar-refractivity contribution in [1.82, 2.24) is 5.32 Å². The third-order valence-electron chi connectivity index (χ3n) is 5.33. The van der Waals surface area contributed by atoms with E-state index in [2.05, 4.69) is 10.6 Å². The average Bonchev–Trinajstić information content (AvgIpc) is 2.80. The van der Waals surface area contributed by atoms with Gasteiger partial charge in [0.25, 0.3) is 5.91 Å². The highest BCUT2D eigenvalue weighted by molar-refractivity contribution is 6.30. The lowest BCUT2D eigenvalue weighted by atomic mass is 9.97. The number of nitro benzene ring substituents is 1. The second-order valence-corrected chi connectivity index (χ2v) is 8.09. The maximum absolute atomic E-state index is 12.7. The number of aryl methyl sites for hydroxylation is 1. The van der Waals surface area contributed by atoms with Crippen LogP contribution in [0.2, 0.25) is 5.02 Å². The molecule has 3 aromatic carbocycles. The number of ether oxygens (including phenoxy) is 1. The van der Waals surface area contributed by atoms with E-state index in [0.717, 1.165) is 16.8 Å². The van der Waals surface area contributed by atoms with Crippen molar-refractivity contribution >= 4 is 34.8 Å². The quantitative estimate of drug-likeness (QED) is 0.373. The summed E-state index contributed by atoms with van der Waals surface area (Å²) in [6.45, 7) is 1.89. The fourth-order valence-corrected chi connectivity index (χ4v) is 3.72. The van der Waals surface area contributed by atoms with E-state index >= 15 is 0 Å². The zero-order chi connectivity index (χ0) is 23.5. The van der Waals surface area contributed by atoms with Crippen LogP contribution in [0.1, 0.15) is 40.9 Å². The van der Waals surface area contributed by atoms with Crippen LogP contribution in [0.15, 0.2) is 60.7 Å². The number of amides is 2. The molecule has 0 bridgehead atoms. The van der Waals surface area contributed by atoms with Gasteiger partial charge in [-0.2, -0.15) is 0 Å². The van der Waals surface area contributed by atoms with Crippen LogP contribution >= 0.6 is 11.6 Å². The summed E-state index contributed by atoms with van der Waals surface area (Å²) in [7, 11) is 0. The molecule has 1 atom stereocenters. The summed E-state index contributed by atoms with van der Waals surface area (Å²) in [5.74, 6) is 0.146. The molecule has 1 heterocycles. The van der Waals surface area contributed by atoms with Crippen molar-refractivity contribution in [3.63, 3.8) is 0 Å². The molecule has 0 saturated heterocycles. The van der Waals surface area contributed by atoms with Gasteiger partial charge in [-0.15, -0.1) is 0 Å². The van der Waals surface area contributed by atoms with Gasteiger partial charge in [0.2, 0.25) is 11.7 Å². The largest absolute Gasteiger partial charge is 0.450 e. The van der Waals surface area contributed by atoms with Crippen molar-refractivity contribution in [2.45, 2.75) is 25.8 Å². The van der Waals surface area contributed by atoms with Gasteiger partial charge in [-0.05, 0) is 66.9 Å². The van der Waals surface area contributed by atoms with E-state index in [9.17, 15) is 19.7 Å². The molecule has 4 rings (SSSR count). The Morgan fingerprint density at radius 3 is 2.61 bits per heavy atom. The fourth-order valence-electron chi connectivity index (χ4n) is 3.56. The number of hydrogen-bond acceptors (Lipinski definition) is 5. The van der Waals surface area contributed by atoms with Crippen LogP contribution in [-0.4, -0.2) is 16.7 Å². The van der Waals surface area contributed by atoms with Crippen molar-refractivity contribution in [2.75, 3.05) is 5.32 Å². The van der Waals surface area contributed by atoms with Gasteiger partial charge < -0.3 is 15.4 Å². The summed E-state index contributed by atoms with van der Waals surface area (Å²) in [5, 5.41) is 17.3. The Morgan fingerprint density at radius 2 is 1.88 bits per heavy atom. The SMILES string of the molecule is CC(NC(=O)c1ccc(Oc2ccc(Cl)cc2[N+](=O)[O-])cc1)c1ccc2c(c1)CCC(=O)N2. The van der Waals surface area contributed by atoms with Gasteiger partial charge in [0.05, 0.1) is 11.0 Å². The van der Waals surface area contributed by atoms with Gasteiger partial charge in [-0.1, -0.05) is 23.7 Å². The number of nitro groups is 1. The van der Waals surface area contributed by atoms with E-state index in [4.69, 9.17) is 16.3 Å². The Labute approximate surface area is 194 Å². The van der Waals surface area contributed by atoms with Crippen molar-refractivity contribution in [3.8, 4) is 11.5 Å². The summed E-state index contributed by atoms with van der Waals surface area (Å²) in [5.41, 5.74) is 2.97. The number of fused-ring (bicyclic) bond motifs is 1. The first-order valence-electron chi connectivity index (χ1n) is 10.3. The summed E-state index contributed by atoms with van der Waals surface area (Å²) in [6.07, 6.45) is 1.12. The average molecular weight is 466 g/mol. The standard InChI is InChI=1S/C24H20ClN3O5/c1-14(16-4-9-20-17(12-16)5-11-23(29)27-20)26-24(30)15-2-7-19(8-3-15)33-22-10-6-18(25)13-21(22)28(31)32/h2-4,6-10,12-14H,5,11H2,1H3,(H,26,30)(H,27,29). The molecule has 33 heavy (non-hydrogen) atoms. The highest BCUT2D eigenvalue weighted by Crippen LogP contribution is 2.33. The Hall–Kier alpha value is -3.91. The molecule has 1 unspecified atom stereocenters. The van der Waals surface area contributed by atoms with Crippen molar-refractivity contribution in [2.24, 2.45) is 0 Å². The number of halogens is 1. The minimum Gasteiger partial charge on any atom is -0.450 e. The Bertz CT molecular complexity index is 1240. The highest BCUT2D eigenvalue weighted by atomic mass is 35.5. The van der Waals surface area contributed by atoms with Gasteiger partial charge in [-0.3, -0.25) is 19.7 Å². The molecule has 168 valence electrons. The van der Waals surface area contributed by atoms with Gasteiger partial charge in [0.1, 0.15) is 5.75 Å². The number of nitrogens with zero attached hydrogens (tertiary/aromatic N) is 1. The molecule has 0 spiro atoms. The third kappa shape index (κ3) is 5.12. The van der Waals surface area contributed by atoms with E-state index in [0.29, 0.717) is 24.2 Å². The molecule has 9 heteroatoms. The first kappa shape index (κ1) is 22.3. The second kappa shape index (κ2) is 9.30. The molecular formula is C24H20ClN3O5. The Kier molecular flexibility index (Phi) is 6.28. The van der Waals surface area contributed by atoms with Crippen LogP contribution in [-0.2, 0) is 11.2 Å². The van der Waals surface area contributed by atoms with Crippen molar-refractivity contribution < 1.29 is 19.2 Å². The Morgan fingerprint density at radius 1 is 1.12 bits per heavy atom. The number of nitrogens with one attached hydrogen (secondary N) is 2. The zero-order valence-electron chi connectivity index (χ0n) is 17.6. The zero-order valence-corrected chi connectivity index (χ0v) is 18.4. The lowest BCUT2D eigenvalue weighted by molar-refractivity contribution is -0.385. The smallest absolute Gasteiger partial charge is 0.313 e. The van der Waals surface area contributed by atoms with Gasteiger partial charge in [-0.25, -0.2) is 0 Å². The molecular weight excluding hydrogens is 446 g/mol. The Balaban J connectivity index is 1.43. The summed E-state index contributed by atoms with van der Waals surface area (Å²) >= 11 is 5.82. The maximum Gasteiger partial charge on any atom is 0.313 e. The number of carbonyl (C=O) groups excluding carboxylic acids is 2. The molecule has 0 fully saturated rings. The molecule has 0 saturated carbocycles. The molecule has 0 radical (unpaired) electrons. The second-order valence-electron chi connectivity index (χ2n) is 7.66. The van der Waals surface area contributed by atoms with E-state index in [1.54, 1.807) is 24.3 Å². The fraction of sp³-hybridized carbons (Fsp3) is 0.167. The molecule has 8 nitrogen and oxygen atoms in total. The van der Waals surface area contributed by atoms with Crippen LogP contribution in [0.25, 0.3) is 0 Å². The molecule has 1 aliphatic rings. The van der Waals surface area contributed by atoms with E-state index in [-0.39, 0.29) is 34.3 Å². The highest BCUT2D eigenvalue weighted by Gasteiger charge is 2.19. The van der Waals surface area contributed by atoms with E-state index in [1.165, 1.54) is 18.2 Å². The van der Waals surface area contributed by atoms with Crippen LogP contribution in [0.5, 0.6) is 11.5 Å². The van der Waals surface area contributed by atoms with Gasteiger partial charge in [0, 0.05) is 28.8 Å². The number of benzene rings is 3. The van der Waals surface area contributed by atoms with Gasteiger partial charge >= 0.3 is 5.69 Å². The predicted molar refractivity (Wildman–Crippen MR) is 124 cm³/mol. The van der Waals surface area contributed by atoms with E-state index in [1.807, 2.05) is 25.1 Å². The summed E-state index contributed by atoms with van der Waals surface area (Å²) in [4.78, 5) is 34.9. The maximum atomic E-state index is 12.7. The first-order valence-corrected chi connectivity index (χ1v) is 10.6. The van der Waals surface area contributed by atoms with Gasteiger partial charge in [0.15, 0.2) is 0 Å². The van der Waals surface area contributed by atoms with Crippen LogP contribution in [0.3, 0.4) is 0 Å². The number of anilines is 1. The third-order valence-corrected chi connectivity index (χ3v) is 5.57. The van der Waals surface area contributed by atoms with Crippen LogP contribution < -0.4 is 15.4 Å². The minimum absolute atomic E-state index is 0.00898. The molecule has 3 aromatic rings. The lowest BCUT2D eigenvalue weighted by Crippen LogP contribution is -2.27. The van der Waals surface area contributed by atoms with Crippen LogP contribution in [0, 0.1) is 10.1 Å². The number of hydrogen-bond donors (Lipinski definition) is 2. The number of rotatable bonds is 6. The minimum atomic E-state index is -0.570. The summed E-state index contributed by atoms with van der Waals surface area (Å²) in [6, 6.07) is 15.9. The van der Waals surface area contributed by atoms with Crippen LogP contribution in [0.4, 0.5) is 11.4 Å².